The molecule has 3 aromatic rings. The van der Waals surface area contributed by atoms with E-state index in [1.807, 2.05) is 0 Å². The van der Waals surface area contributed by atoms with E-state index in [1.54, 1.807) is 6.92 Å². The molecule has 1 saturated carbocycles. The first-order valence-corrected chi connectivity index (χ1v) is 12.0. The van der Waals surface area contributed by atoms with Gasteiger partial charge in [-0.1, -0.05) is 23.9 Å². The highest BCUT2D eigenvalue weighted by Gasteiger charge is 2.22. The van der Waals surface area contributed by atoms with E-state index in [1.165, 1.54) is 12.1 Å². The summed E-state index contributed by atoms with van der Waals surface area (Å²) in [7, 11) is 0. The summed E-state index contributed by atoms with van der Waals surface area (Å²) in [4.78, 5) is 28.7. The summed E-state index contributed by atoms with van der Waals surface area (Å²) in [5.41, 5.74) is 0.195. The number of aliphatic hydroxyl groups is 2. The van der Waals surface area contributed by atoms with Gasteiger partial charge in [-0.15, -0.1) is 0 Å². The maximum absolute atomic E-state index is 14.0. The van der Waals surface area contributed by atoms with E-state index in [4.69, 9.17) is 0 Å². The Morgan fingerprint density at radius 3 is 2.68 bits per heavy atom. The molecule has 182 valence electrons. The molecular formula is C22H26F2N6O3S. The molecule has 0 saturated heterocycles. The molecule has 1 aromatic carbocycles. The second kappa shape index (κ2) is 10.6. The van der Waals surface area contributed by atoms with Crippen molar-refractivity contribution >= 4 is 34.6 Å². The van der Waals surface area contributed by atoms with Gasteiger partial charge in [-0.25, -0.2) is 23.7 Å². The lowest BCUT2D eigenvalue weighted by Crippen LogP contribution is -2.31. The Kier molecular flexibility index (Phi) is 7.59. The molecule has 1 atom stereocenters. The Labute approximate surface area is 198 Å². The lowest BCUT2D eigenvalue weighted by molar-refractivity contribution is 0.126. The number of nitrogens with zero attached hydrogens (tertiary/aromatic N) is 3. The van der Waals surface area contributed by atoms with Gasteiger partial charge in [0.1, 0.15) is 0 Å². The Balaban J connectivity index is 1.64. The summed E-state index contributed by atoms with van der Waals surface area (Å²) in [6.07, 6.45) is 2.42. The molecule has 0 amide bonds. The number of H-pyrrole nitrogens is 1. The molecule has 12 heteroatoms. The van der Waals surface area contributed by atoms with Crippen LogP contribution in [0.2, 0.25) is 0 Å². The Morgan fingerprint density at radius 2 is 1.94 bits per heavy atom. The fourth-order valence-electron chi connectivity index (χ4n) is 3.71. The fourth-order valence-corrected chi connectivity index (χ4v) is 4.53. The molecule has 5 N–H and O–H groups in total. The van der Waals surface area contributed by atoms with Crippen LogP contribution in [-0.2, 0) is 5.75 Å². The number of hydrogen-bond acceptors (Lipinski definition) is 9. The Morgan fingerprint density at radius 1 is 1.18 bits per heavy atom. The van der Waals surface area contributed by atoms with Crippen molar-refractivity contribution in [2.45, 2.75) is 61.7 Å². The van der Waals surface area contributed by atoms with E-state index in [-0.39, 0.29) is 52.7 Å². The van der Waals surface area contributed by atoms with Gasteiger partial charge in [-0.05, 0) is 38.7 Å². The molecular weight excluding hydrogens is 466 g/mol. The van der Waals surface area contributed by atoms with Crippen LogP contribution >= 0.6 is 11.8 Å². The molecule has 0 bridgehead atoms. The first kappa shape index (κ1) is 24.3. The number of aromatic nitrogens is 4. The lowest BCUT2D eigenvalue weighted by atomic mass is 9.93. The third-order valence-electron chi connectivity index (χ3n) is 5.62. The fraction of sp³-hybridized carbons (Fsp3) is 0.455. The number of anilines is 2. The molecule has 1 aliphatic rings. The zero-order valence-electron chi connectivity index (χ0n) is 18.5. The van der Waals surface area contributed by atoms with E-state index in [0.717, 1.165) is 30.7 Å². The molecule has 0 radical (unpaired) electrons. The van der Waals surface area contributed by atoms with Crippen LogP contribution in [0.5, 0.6) is 0 Å². The van der Waals surface area contributed by atoms with Gasteiger partial charge in [0.05, 0.1) is 12.7 Å². The summed E-state index contributed by atoms with van der Waals surface area (Å²) in [5.74, 6) is -1.36. The van der Waals surface area contributed by atoms with Crippen LogP contribution < -0.4 is 16.2 Å². The van der Waals surface area contributed by atoms with E-state index >= 15 is 0 Å². The van der Waals surface area contributed by atoms with Crippen molar-refractivity contribution < 1.29 is 19.0 Å². The predicted molar refractivity (Wildman–Crippen MR) is 126 cm³/mol. The topological polar surface area (TPSA) is 136 Å². The zero-order chi connectivity index (χ0) is 24.2. The average Bonchev–Trinajstić information content (AvgIpc) is 2.82. The number of nitrogens with one attached hydrogen (secondary N) is 3. The van der Waals surface area contributed by atoms with Gasteiger partial charge in [0, 0.05) is 23.4 Å². The van der Waals surface area contributed by atoms with Gasteiger partial charge in [0.25, 0.3) is 5.56 Å². The third kappa shape index (κ3) is 5.62. The molecule has 9 nitrogen and oxygen atoms in total. The highest BCUT2D eigenvalue weighted by Crippen LogP contribution is 2.27. The third-order valence-corrected chi connectivity index (χ3v) is 6.51. The second-order valence-corrected chi connectivity index (χ2v) is 9.29. The molecule has 0 aliphatic heterocycles. The maximum Gasteiger partial charge on any atom is 0.292 e. The monoisotopic (exact) mass is 492 g/mol. The predicted octanol–water partition coefficient (Wildman–Crippen LogP) is 2.79. The number of halogens is 2. The normalized spacial score (nSPS) is 19.2. The van der Waals surface area contributed by atoms with Gasteiger partial charge in [-0.2, -0.15) is 0 Å². The number of benzene rings is 1. The SMILES string of the molecule is C[C@H](CO)Nc1nc(SCc2cccc(F)c2F)nc2[nH]c(=O)c(NC3CCC(O)CC3)nc12. The van der Waals surface area contributed by atoms with E-state index < -0.39 is 17.2 Å². The van der Waals surface area contributed by atoms with Crippen molar-refractivity contribution in [1.82, 2.24) is 19.9 Å². The van der Waals surface area contributed by atoms with Crippen molar-refractivity contribution in [2.75, 3.05) is 17.2 Å². The number of hydrogen-bond donors (Lipinski definition) is 5. The van der Waals surface area contributed by atoms with Gasteiger partial charge < -0.3 is 25.8 Å². The molecule has 34 heavy (non-hydrogen) atoms. The van der Waals surface area contributed by atoms with Gasteiger partial charge >= 0.3 is 0 Å². The molecule has 1 fully saturated rings. The largest absolute Gasteiger partial charge is 0.394 e. The molecule has 0 unspecified atom stereocenters. The molecule has 0 spiro atoms. The van der Waals surface area contributed by atoms with Crippen molar-refractivity contribution in [1.29, 1.82) is 0 Å². The van der Waals surface area contributed by atoms with Gasteiger partial charge in [-0.3, -0.25) is 4.79 Å². The number of aromatic amines is 1. The van der Waals surface area contributed by atoms with Crippen molar-refractivity contribution in [2.24, 2.45) is 0 Å². The van der Waals surface area contributed by atoms with Gasteiger partial charge in [0.15, 0.2) is 39.6 Å². The van der Waals surface area contributed by atoms with Crippen LogP contribution in [0.25, 0.3) is 11.2 Å². The van der Waals surface area contributed by atoms with E-state index in [9.17, 15) is 23.8 Å². The standard InChI is InChI=1S/C22H26F2N6O3S/c1-11(9-31)25-18-17-19(28-21(33)20(27-17)26-13-5-7-14(32)8-6-13)30-22(29-18)34-10-12-3-2-4-15(23)16(12)24/h2-4,11,13-14,31-32H,5-10H2,1H3,(H,26,27)(H2,25,28,29,30,33)/t11-,13?,14?/m1/s1. The minimum absolute atomic E-state index is 0.0131. The number of thioether (sulfide) groups is 1. The van der Waals surface area contributed by atoms with Gasteiger partial charge in [0.2, 0.25) is 0 Å². The number of fused-ring (bicyclic) bond motifs is 1. The lowest BCUT2D eigenvalue weighted by Gasteiger charge is -2.26. The Bertz CT molecular complexity index is 1220. The van der Waals surface area contributed by atoms with E-state index in [0.29, 0.717) is 24.2 Å². The van der Waals surface area contributed by atoms with Crippen LogP contribution in [0, 0.1) is 11.6 Å². The average molecular weight is 493 g/mol. The first-order chi connectivity index (χ1) is 16.3. The highest BCUT2D eigenvalue weighted by molar-refractivity contribution is 7.98. The van der Waals surface area contributed by atoms with Crippen LogP contribution in [0.4, 0.5) is 20.4 Å². The summed E-state index contributed by atoms with van der Waals surface area (Å²) in [5, 5.41) is 25.6. The smallest absolute Gasteiger partial charge is 0.292 e. The Hall–Kier alpha value is -2.83. The first-order valence-electron chi connectivity index (χ1n) is 11.0. The molecule has 1 aliphatic carbocycles. The van der Waals surface area contributed by atoms with Crippen molar-refractivity contribution in [3.05, 3.63) is 45.8 Å². The summed E-state index contributed by atoms with van der Waals surface area (Å²) in [6, 6.07) is 3.60. The second-order valence-electron chi connectivity index (χ2n) is 8.35. The van der Waals surface area contributed by atoms with Crippen LogP contribution in [0.15, 0.2) is 28.2 Å². The molecule has 2 heterocycles. The highest BCUT2D eigenvalue weighted by atomic mass is 32.2. The minimum Gasteiger partial charge on any atom is -0.394 e. The zero-order valence-corrected chi connectivity index (χ0v) is 19.3. The summed E-state index contributed by atoms with van der Waals surface area (Å²) < 4.78 is 27.5. The van der Waals surface area contributed by atoms with Crippen LogP contribution in [0.1, 0.15) is 38.2 Å². The minimum atomic E-state index is -0.933. The quantitative estimate of drug-likeness (QED) is 0.237. The maximum atomic E-state index is 14.0. The van der Waals surface area contributed by atoms with Crippen molar-refractivity contribution in [3.63, 3.8) is 0 Å². The van der Waals surface area contributed by atoms with Crippen molar-refractivity contribution in [3.8, 4) is 0 Å². The number of rotatable bonds is 8. The molecule has 2 aromatic heterocycles. The summed E-state index contributed by atoms with van der Waals surface area (Å²) >= 11 is 1.08. The summed E-state index contributed by atoms with van der Waals surface area (Å²) in [6.45, 7) is 1.59. The van der Waals surface area contributed by atoms with Crippen LogP contribution in [-0.4, -0.2) is 54.9 Å². The molecule has 4 rings (SSSR count). The number of aliphatic hydroxyl groups excluding tert-OH is 2. The van der Waals surface area contributed by atoms with Crippen LogP contribution in [0.3, 0.4) is 0 Å². The van der Waals surface area contributed by atoms with E-state index in [2.05, 4.69) is 30.6 Å².